The molecule has 0 aromatic heterocycles. The highest BCUT2D eigenvalue weighted by Gasteiger charge is 2.22. The first-order valence-corrected chi connectivity index (χ1v) is 4.63. The number of rotatable bonds is 3. The summed E-state index contributed by atoms with van der Waals surface area (Å²) in [7, 11) is 0. The van der Waals surface area contributed by atoms with Crippen molar-refractivity contribution in [3.8, 4) is 0 Å². The van der Waals surface area contributed by atoms with E-state index in [1.807, 2.05) is 0 Å². The molecule has 0 spiro atoms. The second-order valence-corrected chi connectivity index (χ2v) is 3.59. The Morgan fingerprint density at radius 3 is 2.53 bits per heavy atom. The van der Waals surface area contributed by atoms with Gasteiger partial charge in [0.05, 0.1) is 5.02 Å². The summed E-state index contributed by atoms with van der Waals surface area (Å²) in [4.78, 5) is 10.2. The fourth-order valence-electron chi connectivity index (χ4n) is 1.29. The van der Waals surface area contributed by atoms with Crippen molar-refractivity contribution in [3.63, 3.8) is 0 Å². The second-order valence-electron chi connectivity index (χ2n) is 3.19. The molecular formula is C10H8ClF3O. The SMILES string of the molecule is CC(CC=O)c1c(F)c(F)cc(Cl)c1F. The van der Waals surface area contributed by atoms with Crippen LogP contribution in [0.25, 0.3) is 0 Å². The Kier molecular flexibility index (Phi) is 3.74. The van der Waals surface area contributed by atoms with Crippen molar-refractivity contribution in [2.24, 2.45) is 0 Å². The average molecular weight is 237 g/mol. The highest BCUT2D eigenvalue weighted by molar-refractivity contribution is 6.30. The van der Waals surface area contributed by atoms with Crippen LogP contribution in [-0.4, -0.2) is 6.29 Å². The van der Waals surface area contributed by atoms with Crippen LogP contribution in [-0.2, 0) is 4.79 Å². The van der Waals surface area contributed by atoms with E-state index < -0.39 is 34.0 Å². The van der Waals surface area contributed by atoms with Gasteiger partial charge in [0.25, 0.3) is 0 Å². The number of carbonyl (C=O) groups is 1. The van der Waals surface area contributed by atoms with Gasteiger partial charge >= 0.3 is 0 Å². The van der Waals surface area contributed by atoms with Gasteiger partial charge in [-0.25, -0.2) is 13.2 Å². The molecule has 1 unspecified atom stereocenters. The fraction of sp³-hybridized carbons (Fsp3) is 0.300. The molecule has 0 heterocycles. The summed E-state index contributed by atoms with van der Waals surface area (Å²) in [5, 5.41) is -0.485. The Morgan fingerprint density at radius 1 is 1.40 bits per heavy atom. The molecule has 0 saturated heterocycles. The van der Waals surface area contributed by atoms with Crippen molar-refractivity contribution >= 4 is 17.9 Å². The first-order chi connectivity index (χ1) is 6.99. The highest BCUT2D eigenvalue weighted by atomic mass is 35.5. The summed E-state index contributed by atoms with van der Waals surface area (Å²) < 4.78 is 39.5. The minimum atomic E-state index is -1.29. The molecule has 82 valence electrons. The molecule has 0 bridgehead atoms. The van der Waals surface area contributed by atoms with Crippen LogP contribution in [0.2, 0.25) is 5.02 Å². The topological polar surface area (TPSA) is 17.1 Å². The lowest BCUT2D eigenvalue weighted by molar-refractivity contribution is -0.108. The first kappa shape index (κ1) is 12.0. The second kappa shape index (κ2) is 4.66. The van der Waals surface area contributed by atoms with E-state index >= 15 is 0 Å². The van der Waals surface area contributed by atoms with Crippen molar-refractivity contribution < 1.29 is 18.0 Å². The molecule has 0 aliphatic carbocycles. The van der Waals surface area contributed by atoms with E-state index in [4.69, 9.17) is 11.6 Å². The molecule has 0 saturated carbocycles. The molecule has 0 aliphatic rings. The lowest BCUT2D eigenvalue weighted by atomic mass is 9.97. The van der Waals surface area contributed by atoms with Gasteiger partial charge in [-0.3, -0.25) is 0 Å². The number of hydrogen-bond donors (Lipinski definition) is 0. The van der Waals surface area contributed by atoms with Gasteiger partial charge < -0.3 is 4.79 Å². The Hall–Kier alpha value is -1.03. The Morgan fingerprint density at radius 2 is 2.00 bits per heavy atom. The molecule has 0 aliphatic heterocycles. The lowest BCUT2D eigenvalue weighted by Crippen LogP contribution is -2.05. The maximum Gasteiger partial charge on any atom is 0.165 e. The molecule has 1 rings (SSSR count). The summed E-state index contributed by atoms with van der Waals surface area (Å²) in [5.41, 5.74) is -0.480. The third-order valence-electron chi connectivity index (χ3n) is 2.09. The molecule has 15 heavy (non-hydrogen) atoms. The van der Waals surface area contributed by atoms with Gasteiger partial charge in [0.2, 0.25) is 0 Å². The van der Waals surface area contributed by atoms with Gasteiger partial charge in [0, 0.05) is 12.0 Å². The minimum Gasteiger partial charge on any atom is -0.303 e. The van der Waals surface area contributed by atoms with Crippen LogP contribution >= 0.6 is 11.6 Å². The summed E-state index contributed by atoms with van der Waals surface area (Å²) >= 11 is 5.37. The Balaban J connectivity index is 3.31. The quantitative estimate of drug-likeness (QED) is 0.580. The molecule has 0 radical (unpaired) electrons. The predicted molar refractivity (Wildman–Crippen MR) is 50.4 cm³/mol. The fourth-order valence-corrected chi connectivity index (χ4v) is 1.48. The monoisotopic (exact) mass is 236 g/mol. The molecule has 5 heteroatoms. The summed E-state index contributed by atoms with van der Waals surface area (Å²) in [5.74, 6) is -4.25. The third kappa shape index (κ3) is 2.31. The zero-order valence-electron chi connectivity index (χ0n) is 7.86. The standard InChI is InChI=1S/C10H8ClF3O/c1-5(2-3-15)8-9(13)6(11)4-7(12)10(8)14/h3-5H,2H2,1H3. The van der Waals surface area contributed by atoms with Gasteiger partial charge in [-0.2, -0.15) is 0 Å². The average Bonchev–Trinajstić information content (AvgIpc) is 2.16. The maximum absolute atomic E-state index is 13.4. The molecule has 1 atom stereocenters. The number of benzene rings is 1. The normalized spacial score (nSPS) is 12.6. The van der Waals surface area contributed by atoms with Crippen molar-refractivity contribution in [1.82, 2.24) is 0 Å². The van der Waals surface area contributed by atoms with E-state index in [-0.39, 0.29) is 6.42 Å². The number of halogens is 4. The van der Waals surface area contributed by atoms with E-state index in [2.05, 4.69) is 0 Å². The summed E-state index contributed by atoms with van der Waals surface area (Å²) in [6.07, 6.45) is 0.427. The number of carbonyl (C=O) groups excluding carboxylic acids is 1. The number of hydrogen-bond acceptors (Lipinski definition) is 1. The zero-order chi connectivity index (χ0) is 11.6. The van der Waals surface area contributed by atoms with Crippen LogP contribution in [0.5, 0.6) is 0 Å². The zero-order valence-corrected chi connectivity index (χ0v) is 8.62. The minimum absolute atomic E-state index is 0.0897. The molecule has 0 amide bonds. The van der Waals surface area contributed by atoms with E-state index in [0.29, 0.717) is 12.4 Å². The van der Waals surface area contributed by atoms with Gasteiger partial charge in [-0.1, -0.05) is 18.5 Å². The van der Waals surface area contributed by atoms with Crippen molar-refractivity contribution in [2.75, 3.05) is 0 Å². The van der Waals surface area contributed by atoms with E-state index in [0.717, 1.165) is 0 Å². The van der Waals surface area contributed by atoms with Gasteiger partial charge in [0.15, 0.2) is 11.6 Å². The predicted octanol–water partition coefficient (Wildman–Crippen LogP) is 3.45. The lowest BCUT2D eigenvalue weighted by Gasteiger charge is -2.12. The Bertz CT molecular complexity index is 366. The van der Waals surface area contributed by atoms with Crippen molar-refractivity contribution in [1.29, 1.82) is 0 Å². The van der Waals surface area contributed by atoms with Crippen molar-refractivity contribution in [3.05, 3.63) is 34.1 Å². The van der Waals surface area contributed by atoms with E-state index in [9.17, 15) is 18.0 Å². The van der Waals surface area contributed by atoms with Crippen LogP contribution in [0.4, 0.5) is 13.2 Å². The molecule has 1 aromatic rings. The molecule has 0 fully saturated rings. The van der Waals surface area contributed by atoms with Gasteiger partial charge in [0.1, 0.15) is 12.1 Å². The van der Waals surface area contributed by atoms with Crippen LogP contribution in [0.1, 0.15) is 24.8 Å². The van der Waals surface area contributed by atoms with Crippen molar-refractivity contribution in [2.45, 2.75) is 19.3 Å². The van der Waals surface area contributed by atoms with Gasteiger partial charge in [-0.05, 0) is 12.0 Å². The van der Waals surface area contributed by atoms with Gasteiger partial charge in [-0.15, -0.1) is 0 Å². The van der Waals surface area contributed by atoms with Crippen LogP contribution < -0.4 is 0 Å². The summed E-state index contributed by atoms with van der Waals surface area (Å²) in [6.45, 7) is 1.42. The maximum atomic E-state index is 13.4. The molecular weight excluding hydrogens is 229 g/mol. The highest BCUT2D eigenvalue weighted by Crippen LogP contribution is 2.30. The third-order valence-corrected chi connectivity index (χ3v) is 2.36. The smallest absolute Gasteiger partial charge is 0.165 e. The number of aldehydes is 1. The van der Waals surface area contributed by atoms with E-state index in [1.54, 1.807) is 0 Å². The summed E-state index contributed by atoms with van der Waals surface area (Å²) in [6, 6.07) is 0.573. The molecule has 1 nitrogen and oxygen atoms in total. The largest absolute Gasteiger partial charge is 0.303 e. The van der Waals surface area contributed by atoms with Crippen LogP contribution in [0.3, 0.4) is 0 Å². The Labute approximate surface area is 89.9 Å². The van der Waals surface area contributed by atoms with Crippen LogP contribution in [0, 0.1) is 17.5 Å². The van der Waals surface area contributed by atoms with E-state index in [1.165, 1.54) is 6.92 Å². The first-order valence-electron chi connectivity index (χ1n) is 4.25. The molecule has 1 aromatic carbocycles. The molecule has 0 N–H and O–H groups in total. The van der Waals surface area contributed by atoms with Crippen LogP contribution in [0.15, 0.2) is 6.07 Å².